The maximum absolute atomic E-state index is 11.8. The van der Waals surface area contributed by atoms with Crippen molar-refractivity contribution >= 4 is 21.8 Å². The first-order valence-corrected chi connectivity index (χ1v) is 6.42. The fourth-order valence-electron chi connectivity index (χ4n) is 1.29. The highest BCUT2D eigenvalue weighted by atomic mass is 79.9. The minimum atomic E-state index is -0.297. The number of phenolic OH excluding ortho intramolecular Hbond substituents is 1. The Bertz CT molecular complexity index is 395. The predicted molar refractivity (Wildman–Crippen MR) is 70.0 cm³/mol. The maximum Gasteiger partial charge on any atom is 0.255 e. The molecule has 1 unspecified atom stereocenters. The molecular weight excluding hydrogens is 286 g/mol. The van der Waals surface area contributed by atoms with Crippen molar-refractivity contribution < 1.29 is 14.6 Å². The van der Waals surface area contributed by atoms with Gasteiger partial charge in [-0.1, -0.05) is 28.9 Å². The van der Waals surface area contributed by atoms with Gasteiger partial charge in [-0.25, -0.2) is 0 Å². The summed E-state index contributed by atoms with van der Waals surface area (Å²) in [5.41, 5.74) is 0.228. The van der Waals surface area contributed by atoms with Gasteiger partial charge in [-0.15, -0.1) is 0 Å². The first kappa shape index (κ1) is 13.8. The van der Waals surface area contributed by atoms with Crippen LogP contribution in [0, 0.1) is 5.92 Å². The summed E-state index contributed by atoms with van der Waals surface area (Å²) in [4.78, 5) is 11.8. The zero-order chi connectivity index (χ0) is 12.8. The molecule has 0 heterocycles. The van der Waals surface area contributed by atoms with Crippen molar-refractivity contribution in [3.8, 4) is 11.5 Å². The summed E-state index contributed by atoms with van der Waals surface area (Å²) in [5, 5.41) is 13.4. The number of alkyl halides is 1. The normalized spacial score (nSPS) is 11.9. The lowest BCUT2D eigenvalue weighted by atomic mass is 10.1. The molecule has 0 aromatic heterocycles. The van der Waals surface area contributed by atoms with Gasteiger partial charge in [0, 0.05) is 11.9 Å². The number of halogens is 1. The number of benzene rings is 1. The van der Waals surface area contributed by atoms with Crippen LogP contribution in [0.2, 0.25) is 0 Å². The number of carbonyl (C=O) groups is 1. The Morgan fingerprint density at radius 3 is 2.88 bits per heavy atom. The van der Waals surface area contributed by atoms with E-state index in [2.05, 4.69) is 21.2 Å². The Labute approximate surface area is 109 Å². The van der Waals surface area contributed by atoms with E-state index in [9.17, 15) is 9.90 Å². The average molecular weight is 302 g/mol. The van der Waals surface area contributed by atoms with Crippen LogP contribution in [-0.4, -0.2) is 30.0 Å². The number of phenols is 1. The molecule has 2 N–H and O–H groups in total. The Morgan fingerprint density at radius 2 is 2.29 bits per heavy atom. The van der Waals surface area contributed by atoms with Gasteiger partial charge >= 0.3 is 0 Å². The highest BCUT2D eigenvalue weighted by molar-refractivity contribution is 9.09. The van der Waals surface area contributed by atoms with Crippen molar-refractivity contribution in [2.75, 3.05) is 19.0 Å². The number of hydrogen-bond acceptors (Lipinski definition) is 3. The maximum atomic E-state index is 11.8. The molecule has 17 heavy (non-hydrogen) atoms. The van der Waals surface area contributed by atoms with Gasteiger partial charge in [0.2, 0.25) is 0 Å². The van der Waals surface area contributed by atoms with Gasteiger partial charge in [-0.05, 0) is 18.1 Å². The lowest BCUT2D eigenvalue weighted by Crippen LogP contribution is -2.28. The second kappa shape index (κ2) is 6.49. The van der Waals surface area contributed by atoms with Crippen LogP contribution >= 0.6 is 15.9 Å². The standard InChI is InChI=1S/C12H16BrNO3/c1-8(6-13)7-14-12(16)9-4-3-5-10(17-2)11(9)15/h3-5,8,15H,6-7H2,1-2H3,(H,14,16). The summed E-state index contributed by atoms with van der Waals surface area (Å²) in [6, 6.07) is 4.83. The third kappa shape index (κ3) is 3.63. The molecule has 1 aromatic carbocycles. The van der Waals surface area contributed by atoms with Crippen LogP contribution in [0.1, 0.15) is 17.3 Å². The zero-order valence-electron chi connectivity index (χ0n) is 9.87. The third-order valence-electron chi connectivity index (χ3n) is 2.34. The molecule has 1 atom stereocenters. The van der Waals surface area contributed by atoms with Crippen molar-refractivity contribution in [3.05, 3.63) is 23.8 Å². The predicted octanol–water partition coefficient (Wildman–Crippen LogP) is 2.16. The molecule has 1 amide bonds. The largest absolute Gasteiger partial charge is 0.504 e. The van der Waals surface area contributed by atoms with Crippen molar-refractivity contribution in [1.29, 1.82) is 0 Å². The molecule has 0 aliphatic heterocycles. The fourth-order valence-corrected chi connectivity index (χ4v) is 1.52. The van der Waals surface area contributed by atoms with E-state index in [0.717, 1.165) is 5.33 Å². The van der Waals surface area contributed by atoms with E-state index in [0.29, 0.717) is 18.2 Å². The number of amides is 1. The summed E-state index contributed by atoms with van der Waals surface area (Å²) < 4.78 is 4.95. The van der Waals surface area contributed by atoms with E-state index in [1.54, 1.807) is 18.2 Å². The van der Waals surface area contributed by atoms with Gasteiger partial charge in [0.1, 0.15) is 0 Å². The summed E-state index contributed by atoms with van der Waals surface area (Å²) >= 11 is 3.34. The van der Waals surface area contributed by atoms with E-state index in [1.807, 2.05) is 6.92 Å². The molecule has 0 spiro atoms. The first-order chi connectivity index (χ1) is 8.10. The molecule has 0 radical (unpaired) electrons. The van der Waals surface area contributed by atoms with Gasteiger partial charge in [-0.2, -0.15) is 0 Å². The monoisotopic (exact) mass is 301 g/mol. The molecule has 0 aliphatic carbocycles. The minimum Gasteiger partial charge on any atom is -0.504 e. The first-order valence-electron chi connectivity index (χ1n) is 5.30. The van der Waals surface area contributed by atoms with Crippen molar-refractivity contribution in [2.24, 2.45) is 5.92 Å². The second-order valence-electron chi connectivity index (χ2n) is 3.83. The van der Waals surface area contributed by atoms with E-state index >= 15 is 0 Å². The number of aromatic hydroxyl groups is 1. The van der Waals surface area contributed by atoms with Gasteiger partial charge in [-0.3, -0.25) is 4.79 Å². The van der Waals surface area contributed by atoms with Crippen LogP contribution in [0.25, 0.3) is 0 Å². The smallest absolute Gasteiger partial charge is 0.255 e. The molecule has 1 rings (SSSR count). The van der Waals surface area contributed by atoms with E-state index in [4.69, 9.17) is 4.74 Å². The summed E-state index contributed by atoms with van der Waals surface area (Å²) in [6.07, 6.45) is 0. The number of nitrogens with one attached hydrogen (secondary N) is 1. The SMILES string of the molecule is COc1cccc(C(=O)NCC(C)CBr)c1O. The minimum absolute atomic E-state index is 0.126. The fraction of sp³-hybridized carbons (Fsp3) is 0.417. The molecule has 0 fully saturated rings. The molecular formula is C12H16BrNO3. The Hall–Kier alpha value is -1.23. The lowest BCUT2D eigenvalue weighted by Gasteiger charge is -2.11. The number of rotatable bonds is 5. The molecule has 5 heteroatoms. The summed E-state index contributed by atoms with van der Waals surface area (Å²) in [6.45, 7) is 2.57. The molecule has 0 saturated carbocycles. The Kier molecular flexibility index (Phi) is 5.28. The van der Waals surface area contributed by atoms with Crippen LogP contribution in [0.5, 0.6) is 11.5 Å². The molecule has 4 nitrogen and oxygen atoms in total. The molecule has 0 saturated heterocycles. The summed E-state index contributed by atoms with van der Waals surface area (Å²) in [5.74, 6) is 0.214. The Morgan fingerprint density at radius 1 is 1.59 bits per heavy atom. The van der Waals surface area contributed by atoms with Crippen LogP contribution < -0.4 is 10.1 Å². The van der Waals surface area contributed by atoms with E-state index in [-0.39, 0.29) is 17.2 Å². The number of carbonyl (C=O) groups excluding carboxylic acids is 1. The molecule has 0 aliphatic rings. The average Bonchev–Trinajstić information content (AvgIpc) is 2.35. The zero-order valence-corrected chi connectivity index (χ0v) is 11.5. The summed E-state index contributed by atoms with van der Waals surface area (Å²) in [7, 11) is 1.45. The van der Waals surface area contributed by atoms with Crippen LogP contribution in [0.3, 0.4) is 0 Å². The molecule has 1 aromatic rings. The quantitative estimate of drug-likeness (QED) is 0.820. The second-order valence-corrected chi connectivity index (χ2v) is 4.47. The topological polar surface area (TPSA) is 58.6 Å². The lowest BCUT2D eigenvalue weighted by molar-refractivity contribution is 0.0946. The van der Waals surface area contributed by atoms with Crippen LogP contribution in [0.15, 0.2) is 18.2 Å². The van der Waals surface area contributed by atoms with Crippen molar-refractivity contribution in [3.63, 3.8) is 0 Å². The van der Waals surface area contributed by atoms with Gasteiger partial charge in [0.15, 0.2) is 11.5 Å². The number of ether oxygens (including phenoxy) is 1. The highest BCUT2D eigenvalue weighted by Gasteiger charge is 2.14. The third-order valence-corrected chi connectivity index (χ3v) is 3.44. The number of para-hydroxylation sites is 1. The highest BCUT2D eigenvalue weighted by Crippen LogP contribution is 2.29. The van der Waals surface area contributed by atoms with Gasteiger partial charge in [0.25, 0.3) is 5.91 Å². The van der Waals surface area contributed by atoms with Gasteiger partial charge in [0.05, 0.1) is 12.7 Å². The van der Waals surface area contributed by atoms with Gasteiger partial charge < -0.3 is 15.2 Å². The van der Waals surface area contributed by atoms with Crippen molar-refractivity contribution in [2.45, 2.75) is 6.92 Å². The molecule has 0 bridgehead atoms. The van der Waals surface area contributed by atoms with Crippen LogP contribution in [0.4, 0.5) is 0 Å². The van der Waals surface area contributed by atoms with Crippen LogP contribution in [-0.2, 0) is 0 Å². The molecule has 94 valence electrons. The number of hydrogen-bond donors (Lipinski definition) is 2. The Balaban J connectivity index is 2.75. The number of methoxy groups -OCH3 is 1. The van der Waals surface area contributed by atoms with E-state index < -0.39 is 0 Å². The van der Waals surface area contributed by atoms with Crippen molar-refractivity contribution in [1.82, 2.24) is 5.32 Å². The van der Waals surface area contributed by atoms with E-state index in [1.165, 1.54) is 7.11 Å².